The SMILES string of the molecule is O=C(O)C1CCCCN1C(=O)C1CC1c1ccc(F)c(F)c1. The molecule has 118 valence electrons. The Bertz CT molecular complexity index is 619. The number of carbonyl (C=O) groups excluding carboxylic acids is 1. The summed E-state index contributed by atoms with van der Waals surface area (Å²) in [6.07, 6.45) is 2.65. The van der Waals surface area contributed by atoms with E-state index in [0.717, 1.165) is 25.0 Å². The summed E-state index contributed by atoms with van der Waals surface area (Å²) in [6, 6.07) is 2.91. The highest BCUT2D eigenvalue weighted by Gasteiger charge is 2.48. The van der Waals surface area contributed by atoms with E-state index in [4.69, 9.17) is 0 Å². The number of amides is 1. The van der Waals surface area contributed by atoms with Gasteiger partial charge in [-0.2, -0.15) is 0 Å². The lowest BCUT2D eigenvalue weighted by molar-refractivity contribution is -0.152. The first-order valence-electron chi connectivity index (χ1n) is 7.47. The minimum atomic E-state index is -0.974. The largest absolute Gasteiger partial charge is 0.480 e. The Balaban J connectivity index is 1.71. The summed E-state index contributed by atoms with van der Waals surface area (Å²) in [4.78, 5) is 25.2. The fourth-order valence-corrected chi connectivity index (χ4v) is 3.24. The zero-order valence-electron chi connectivity index (χ0n) is 12.0. The van der Waals surface area contributed by atoms with Gasteiger partial charge in [-0.15, -0.1) is 0 Å². The average molecular weight is 309 g/mol. The molecule has 1 aromatic rings. The molecule has 6 heteroatoms. The summed E-state index contributed by atoms with van der Waals surface area (Å²) in [7, 11) is 0. The van der Waals surface area contributed by atoms with Crippen LogP contribution in [0.3, 0.4) is 0 Å². The van der Waals surface area contributed by atoms with Crippen molar-refractivity contribution in [2.75, 3.05) is 6.54 Å². The van der Waals surface area contributed by atoms with Gasteiger partial charge in [0.1, 0.15) is 6.04 Å². The van der Waals surface area contributed by atoms with E-state index in [0.29, 0.717) is 24.9 Å². The van der Waals surface area contributed by atoms with Crippen molar-refractivity contribution in [3.8, 4) is 0 Å². The molecule has 2 aliphatic rings. The average Bonchev–Trinajstić information content (AvgIpc) is 3.30. The van der Waals surface area contributed by atoms with E-state index in [1.807, 2.05) is 0 Å². The molecule has 4 nitrogen and oxygen atoms in total. The Kier molecular flexibility index (Phi) is 3.85. The zero-order chi connectivity index (χ0) is 15.9. The molecule has 1 amide bonds. The minimum absolute atomic E-state index is 0.140. The molecule has 0 aromatic heterocycles. The van der Waals surface area contributed by atoms with Gasteiger partial charge >= 0.3 is 5.97 Å². The number of carboxylic acids is 1. The monoisotopic (exact) mass is 309 g/mol. The van der Waals surface area contributed by atoms with Gasteiger partial charge in [0, 0.05) is 12.5 Å². The summed E-state index contributed by atoms with van der Waals surface area (Å²) < 4.78 is 26.2. The lowest BCUT2D eigenvalue weighted by Gasteiger charge is -2.33. The van der Waals surface area contributed by atoms with E-state index < -0.39 is 23.6 Å². The molecule has 1 aromatic carbocycles. The Hall–Kier alpha value is -1.98. The van der Waals surface area contributed by atoms with Crippen LogP contribution in [0.4, 0.5) is 8.78 Å². The van der Waals surface area contributed by atoms with Gasteiger partial charge in [-0.25, -0.2) is 13.6 Å². The maximum atomic E-state index is 13.3. The number of aliphatic carboxylic acids is 1. The third-order valence-corrected chi connectivity index (χ3v) is 4.55. The predicted molar refractivity (Wildman–Crippen MR) is 74.2 cm³/mol. The molecule has 0 bridgehead atoms. The smallest absolute Gasteiger partial charge is 0.326 e. The number of carboxylic acid groups (broad SMARTS) is 1. The molecule has 0 radical (unpaired) electrons. The van der Waals surface area contributed by atoms with Crippen LogP contribution in [0.2, 0.25) is 0 Å². The maximum Gasteiger partial charge on any atom is 0.326 e. The van der Waals surface area contributed by atoms with E-state index in [9.17, 15) is 23.5 Å². The first-order valence-corrected chi connectivity index (χ1v) is 7.47. The van der Waals surface area contributed by atoms with Crippen LogP contribution in [0.1, 0.15) is 37.2 Å². The van der Waals surface area contributed by atoms with Crippen molar-refractivity contribution >= 4 is 11.9 Å². The van der Waals surface area contributed by atoms with Crippen molar-refractivity contribution in [3.05, 3.63) is 35.4 Å². The standard InChI is InChI=1S/C16H17F2NO3/c17-12-5-4-9(7-13(12)18)10-8-11(10)15(20)19-6-2-1-3-14(19)16(21)22/h4-5,7,10-11,14H,1-3,6,8H2,(H,21,22). The van der Waals surface area contributed by atoms with Gasteiger partial charge in [0.05, 0.1) is 0 Å². The highest BCUT2D eigenvalue weighted by atomic mass is 19.2. The molecule has 1 aliphatic carbocycles. The van der Waals surface area contributed by atoms with Crippen molar-refractivity contribution in [2.24, 2.45) is 5.92 Å². The number of hydrogen-bond acceptors (Lipinski definition) is 2. The Morgan fingerprint density at radius 2 is 1.95 bits per heavy atom. The third kappa shape index (κ3) is 2.69. The molecular weight excluding hydrogens is 292 g/mol. The first kappa shape index (κ1) is 14.9. The number of carbonyl (C=O) groups is 2. The number of likely N-dealkylation sites (tertiary alicyclic amines) is 1. The molecule has 2 fully saturated rings. The molecule has 1 heterocycles. The molecule has 0 spiro atoms. The number of piperidine rings is 1. The van der Waals surface area contributed by atoms with Crippen molar-refractivity contribution in [3.63, 3.8) is 0 Å². The van der Waals surface area contributed by atoms with E-state index in [1.54, 1.807) is 0 Å². The second-order valence-electron chi connectivity index (χ2n) is 6.00. The summed E-state index contributed by atoms with van der Waals surface area (Å²) in [6.45, 7) is 0.455. The van der Waals surface area contributed by atoms with Gasteiger partial charge < -0.3 is 10.0 Å². The number of halogens is 2. The Morgan fingerprint density at radius 1 is 1.18 bits per heavy atom. The zero-order valence-corrected chi connectivity index (χ0v) is 12.0. The lowest BCUT2D eigenvalue weighted by Crippen LogP contribution is -2.48. The quantitative estimate of drug-likeness (QED) is 0.933. The normalized spacial score (nSPS) is 27.5. The second-order valence-corrected chi connectivity index (χ2v) is 6.00. The number of hydrogen-bond donors (Lipinski definition) is 1. The first-order chi connectivity index (χ1) is 10.5. The molecular formula is C16H17F2NO3. The molecule has 1 N–H and O–H groups in total. The van der Waals surface area contributed by atoms with Crippen molar-refractivity contribution in [1.82, 2.24) is 4.90 Å². The van der Waals surface area contributed by atoms with E-state index in [2.05, 4.69) is 0 Å². The van der Waals surface area contributed by atoms with Gasteiger partial charge in [-0.05, 0) is 49.3 Å². The molecule has 22 heavy (non-hydrogen) atoms. The summed E-state index contributed by atoms with van der Waals surface area (Å²) in [5.41, 5.74) is 0.598. The summed E-state index contributed by atoms with van der Waals surface area (Å²) >= 11 is 0. The number of rotatable bonds is 3. The third-order valence-electron chi connectivity index (χ3n) is 4.55. The van der Waals surface area contributed by atoms with Gasteiger partial charge in [-0.3, -0.25) is 4.79 Å². The van der Waals surface area contributed by atoms with Crippen LogP contribution in [-0.2, 0) is 9.59 Å². The molecule has 1 aliphatic heterocycles. The molecule has 1 saturated heterocycles. The Morgan fingerprint density at radius 3 is 2.64 bits per heavy atom. The second kappa shape index (κ2) is 5.66. The van der Waals surface area contributed by atoms with Crippen LogP contribution >= 0.6 is 0 Å². The number of benzene rings is 1. The van der Waals surface area contributed by atoms with Crippen LogP contribution in [0.5, 0.6) is 0 Å². The molecule has 3 rings (SSSR count). The van der Waals surface area contributed by atoms with Crippen LogP contribution < -0.4 is 0 Å². The van der Waals surface area contributed by atoms with Crippen LogP contribution in [0.15, 0.2) is 18.2 Å². The van der Waals surface area contributed by atoms with Crippen LogP contribution in [0, 0.1) is 17.6 Å². The van der Waals surface area contributed by atoms with E-state index >= 15 is 0 Å². The molecule has 3 unspecified atom stereocenters. The van der Waals surface area contributed by atoms with Gasteiger partial charge in [0.25, 0.3) is 0 Å². The fraction of sp³-hybridized carbons (Fsp3) is 0.500. The summed E-state index contributed by atoms with van der Waals surface area (Å²) in [5, 5.41) is 9.22. The Labute approximate surface area is 126 Å². The van der Waals surface area contributed by atoms with E-state index in [-0.39, 0.29) is 17.7 Å². The molecule has 3 atom stereocenters. The lowest BCUT2D eigenvalue weighted by atomic mass is 10.0. The maximum absolute atomic E-state index is 13.3. The van der Waals surface area contributed by atoms with Crippen molar-refractivity contribution in [2.45, 2.75) is 37.6 Å². The van der Waals surface area contributed by atoms with Crippen molar-refractivity contribution in [1.29, 1.82) is 0 Å². The van der Waals surface area contributed by atoms with Crippen LogP contribution in [0.25, 0.3) is 0 Å². The van der Waals surface area contributed by atoms with Gasteiger partial charge in [0.15, 0.2) is 11.6 Å². The number of nitrogens with zero attached hydrogens (tertiary/aromatic N) is 1. The highest BCUT2D eigenvalue weighted by molar-refractivity contribution is 5.87. The summed E-state index contributed by atoms with van der Waals surface area (Å²) in [5.74, 6) is -3.44. The van der Waals surface area contributed by atoms with Gasteiger partial charge in [-0.1, -0.05) is 6.07 Å². The predicted octanol–water partition coefficient (Wildman–Crippen LogP) is 2.53. The highest BCUT2D eigenvalue weighted by Crippen LogP contribution is 2.49. The minimum Gasteiger partial charge on any atom is -0.480 e. The fourth-order valence-electron chi connectivity index (χ4n) is 3.24. The molecule has 1 saturated carbocycles. The van der Waals surface area contributed by atoms with Gasteiger partial charge in [0.2, 0.25) is 5.91 Å². The van der Waals surface area contributed by atoms with Crippen LogP contribution in [-0.4, -0.2) is 34.5 Å². The van der Waals surface area contributed by atoms with Crippen molar-refractivity contribution < 1.29 is 23.5 Å². The topological polar surface area (TPSA) is 57.6 Å². The van der Waals surface area contributed by atoms with E-state index in [1.165, 1.54) is 11.0 Å².